The van der Waals surface area contributed by atoms with Crippen molar-refractivity contribution < 1.29 is 9.47 Å². The lowest BCUT2D eigenvalue weighted by atomic mass is 10.1. The second-order valence-corrected chi connectivity index (χ2v) is 4.47. The van der Waals surface area contributed by atoms with Crippen LogP contribution in [0.1, 0.15) is 19.4 Å². The van der Waals surface area contributed by atoms with E-state index in [2.05, 4.69) is 38.6 Å². The van der Waals surface area contributed by atoms with Crippen LogP contribution in [0.2, 0.25) is 0 Å². The van der Waals surface area contributed by atoms with E-state index in [1.165, 1.54) is 17.4 Å². The van der Waals surface area contributed by atoms with Gasteiger partial charge in [0.15, 0.2) is 0 Å². The van der Waals surface area contributed by atoms with Gasteiger partial charge in [0.05, 0.1) is 26.1 Å². The van der Waals surface area contributed by atoms with Gasteiger partial charge in [0.1, 0.15) is 0 Å². The van der Waals surface area contributed by atoms with Gasteiger partial charge >= 0.3 is 0 Å². The third kappa shape index (κ3) is 6.26. The van der Waals surface area contributed by atoms with Crippen molar-refractivity contribution in [3.8, 4) is 0 Å². The minimum absolute atomic E-state index is 0.378. The van der Waals surface area contributed by atoms with Gasteiger partial charge in [-0.2, -0.15) is 0 Å². The molecular weight excluding hydrogens is 224 g/mol. The molecule has 0 aromatic heterocycles. The van der Waals surface area contributed by atoms with Gasteiger partial charge in [0.2, 0.25) is 0 Å². The highest BCUT2D eigenvalue weighted by molar-refractivity contribution is 5.13. The molecule has 0 saturated heterocycles. The first-order chi connectivity index (χ1) is 8.72. The molecule has 2 heteroatoms. The largest absolute Gasteiger partial charge is 0.501 e. The molecule has 0 aliphatic carbocycles. The summed E-state index contributed by atoms with van der Waals surface area (Å²) in [5.41, 5.74) is 2.43. The monoisotopic (exact) mass is 246 g/mol. The molecule has 1 aromatic rings. The average molecular weight is 246 g/mol. The van der Waals surface area contributed by atoms with Crippen molar-refractivity contribution in [3.63, 3.8) is 0 Å². The maximum absolute atomic E-state index is 5.66. The van der Waals surface area contributed by atoms with Crippen LogP contribution in [0.25, 0.3) is 0 Å². The second kappa shape index (κ2) is 8.54. The first-order valence-electron chi connectivity index (χ1n) is 6.24. The van der Waals surface area contributed by atoms with Crippen LogP contribution >= 0.6 is 0 Å². The van der Waals surface area contributed by atoms with Crippen molar-refractivity contribution in [1.29, 1.82) is 0 Å². The zero-order valence-electron chi connectivity index (χ0n) is 11.3. The van der Waals surface area contributed by atoms with Crippen molar-refractivity contribution in [2.24, 2.45) is 5.92 Å². The first-order valence-corrected chi connectivity index (χ1v) is 6.24. The zero-order valence-corrected chi connectivity index (χ0v) is 11.3. The Morgan fingerprint density at radius 2 is 2.06 bits per heavy atom. The van der Waals surface area contributed by atoms with E-state index in [0.717, 1.165) is 0 Å². The molecule has 0 aliphatic rings. The number of benzene rings is 1. The molecule has 0 bridgehead atoms. The molecule has 98 valence electrons. The highest BCUT2D eigenvalue weighted by Gasteiger charge is 1.99. The molecule has 0 N–H and O–H groups in total. The summed E-state index contributed by atoms with van der Waals surface area (Å²) < 4.78 is 10.8. The summed E-state index contributed by atoms with van der Waals surface area (Å²) in [7, 11) is 0. The SMILES string of the molecule is C=COC[C@H](C)/C=C(/C)COCc1ccccc1. The number of ether oxygens (including phenoxy) is 2. The predicted octanol–water partition coefficient (Wildman–Crippen LogP) is 3.95. The fraction of sp³-hybridized carbons (Fsp3) is 0.375. The minimum atomic E-state index is 0.378. The standard InChI is InChI=1S/C16H22O2/c1-4-17-11-14(2)10-15(3)12-18-13-16-8-6-5-7-9-16/h4-10,14H,1,11-13H2,2-3H3/b15-10-/t14-/m1/s1. The van der Waals surface area contributed by atoms with E-state index in [1.807, 2.05) is 18.2 Å². The molecule has 0 aliphatic heterocycles. The Morgan fingerprint density at radius 1 is 1.33 bits per heavy atom. The molecule has 1 aromatic carbocycles. The molecule has 0 fully saturated rings. The second-order valence-electron chi connectivity index (χ2n) is 4.47. The summed E-state index contributed by atoms with van der Waals surface area (Å²) in [5, 5.41) is 0. The predicted molar refractivity (Wildman–Crippen MR) is 75.2 cm³/mol. The molecule has 0 heterocycles. The highest BCUT2D eigenvalue weighted by atomic mass is 16.5. The van der Waals surface area contributed by atoms with Crippen LogP contribution in [-0.2, 0) is 16.1 Å². The van der Waals surface area contributed by atoms with Gasteiger partial charge in [-0.05, 0) is 12.5 Å². The quantitative estimate of drug-likeness (QED) is 0.511. The van der Waals surface area contributed by atoms with Crippen molar-refractivity contribution in [2.45, 2.75) is 20.5 Å². The molecule has 0 spiro atoms. The topological polar surface area (TPSA) is 18.5 Å². The summed E-state index contributed by atoms with van der Waals surface area (Å²) >= 11 is 0. The lowest BCUT2D eigenvalue weighted by Gasteiger charge is -2.09. The summed E-state index contributed by atoms with van der Waals surface area (Å²) in [6.45, 7) is 9.70. The van der Waals surface area contributed by atoms with Crippen molar-refractivity contribution in [3.05, 3.63) is 60.4 Å². The van der Waals surface area contributed by atoms with Crippen LogP contribution in [0.15, 0.2) is 54.8 Å². The summed E-state index contributed by atoms with van der Waals surface area (Å²) in [6.07, 6.45) is 3.65. The highest BCUT2D eigenvalue weighted by Crippen LogP contribution is 2.06. The van der Waals surface area contributed by atoms with Crippen molar-refractivity contribution in [2.75, 3.05) is 13.2 Å². The Balaban J connectivity index is 2.26. The summed E-state index contributed by atoms with van der Waals surface area (Å²) in [4.78, 5) is 0. The van der Waals surface area contributed by atoms with Crippen LogP contribution < -0.4 is 0 Å². The van der Waals surface area contributed by atoms with Crippen LogP contribution in [0, 0.1) is 5.92 Å². The van der Waals surface area contributed by atoms with Crippen molar-refractivity contribution >= 4 is 0 Å². The fourth-order valence-electron chi connectivity index (χ4n) is 1.71. The Bertz CT molecular complexity index is 368. The van der Waals surface area contributed by atoms with Gasteiger partial charge in [0.25, 0.3) is 0 Å². The van der Waals surface area contributed by atoms with E-state index in [-0.39, 0.29) is 0 Å². The average Bonchev–Trinajstić information content (AvgIpc) is 2.37. The van der Waals surface area contributed by atoms with Crippen LogP contribution in [0.3, 0.4) is 0 Å². The summed E-state index contributed by atoms with van der Waals surface area (Å²) in [6, 6.07) is 10.2. The van der Waals surface area contributed by atoms with Gasteiger partial charge in [-0.15, -0.1) is 0 Å². The number of rotatable bonds is 8. The van der Waals surface area contributed by atoms with Gasteiger partial charge < -0.3 is 9.47 Å². The van der Waals surface area contributed by atoms with Crippen LogP contribution in [-0.4, -0.2) is 13.2 Å². The third-order valence-corrected chi connectivity index (χ3v) is 2.49. The molecule has 0 unspecified atom stereocenters. The van der Waals surface area contributed by atoms with Crippen molar-refractivity contribution in [1.82, 2.24) is 0 Å². The van der Waals surface area contributed by atoms with Crippen LogP contribution in [0.5, 0.6) is 0 Å². The lowest BCUT2D eigenvalue weighted by molar-refractivity contribution is 0.141. The molecule has 1 atom stereocenters. The molecule has 0 saturated carbocycles. The van der Waals surface area contributed by atoms with E-state index < -0.39 is 0 Å². The minimum Gasteiger partial charge on any atom is -0.501 e. The Hall–Kier alpha value is -1.54. The van der Waals surface area contributed by atoms with Gasteiger partial charge in [-0.1, -0.05) is 55.5 Å². The maximum atomic E-state index is 5.66. The molecule has 0 amide bonds. The third-order valence-electron chi connectivity index (χ3n) is 2.49. The molecular formula is C16H22O2. The Morgan fingerprint density at radius 3 is 2.72 bits per heavy atom. The molecule has 2 nitrogen and oxygen atoms in total. The summed E-state index contributed by atoms with van der Waals surface area (Å²) in [5.74, 6) is 0.378. The Labute approximate surface area is 110 Å². The van der Waals surface area contributed by atoms with E-state index in [4.69, 9.17) is 9.47 Å². The number of hydrogen-bond donors (Lipinski definition) is 0. The van der Waals surface area contributed by atoms with E-state index in [0.29, 0.717) is 25.7 Å². The fourth-order valence-corrected chi connectivity index (χ4v) is 1.71. The van der Waals surface area contributed by atoms with Gasteiger partial charge in [0, 0.05) is 5.92 Å². The first kappa shape index (κ1) is 14.5. The van der Waals surface area contributed by atoms with Gasteiger partial charge in [-0.3, -0.25) is 0 Å². The van der Waals surface area contributed by atoms with E-state index in [1.54, 1.807) is 0 Å². The van der Waals surface area contributed by atoms with Crippen LogP contribution in [0.4, 0.5) is 0 Å². The molecule has 0 radical (unpaired) electrons. The Kier molecular flexibility index (Phi) is 6.89. The zero-order chi connectivity index (χ0) is 13.2. The van der Waals surface area contributed by atoms with Gasteiger partial charge in [-0.25, -0.2) is 0 Å². The smallest absolute Gasteiger partial charge is 0.0932 e. The maximum Gasteiger partial charge on any atom is 0.0932 e. The molecule has 18 heavy (non-hydrogen) atoms. The van der Waals surface area contributed by atoms with E-state index >= 15 is 0 Å². The lowest BCUT2D eigenvalue weighted by Crippen LogP contribution is -2.03. The normalized spacial score (nSPS) is 13.1. The molecule has 1 rings (SSSR count). The van der Waals surface area contributed by atoms with E-state index in [9.17, 15) is 0 Å². The number of hydrogen-bond acceptors (Lipinski definition) is 2.